The Morgan fingerprint density at radius 2 is 2.29 bits per heavy atom. The number of aryl methyl sites for hydroxylation is 2. The van der Waals surface area contributed by atoms with Crippen LogP contribution in [0, 0.1) is 5.92 Å². The van der Waals surface area contributed by atoms with Gasteiger partial charge in [0.1, 0.15) is 5.01 Å². The van der Waals surface area contributed by atoms with Crippen molar-refractivity contribution in [2.75, 3.05) is 6.61 Å². The van der Waals surface area contributed by atoms with Crippen LogP contribution in [-0.2, 0) is 19.4 Å². The van der Waals surface area contributed by atoms with Crippen LogP contribution in [0.4, 0.5) is 0 Å². The summed E-state index contributed by atoms with van der Waals surface area (Å²) in [5, 5.41) is 14.2. The van der Waals surface area contributed by atoms with Gasteiger partial charge in [-0.2, -0.15) is 0 Å². The fourth-order valence-electron chi connectivity index (χ4n) is 2.65. The van der Waals surface area contributed by atoms with Gasteiger partial charge in [-0.15, -0.1) is 11.3 Å². The molecule has 0 bridgehead atoms. The molecule has 1 unspecified atom stereocenters. The van der Waals surface area contributed by atoms with E-state index in [1.165, 1.54) is 41.3 Å². The normalized spacial score (nSPS) is 22.5. The van der Waals surface area contributed by atoms with Crippen LogP contribution in [-0.4, -0.2) is 22.2 Å². The molecule has 0 aliphatic heterocycles. The summed E-state index contributed by atoms with van der Waals surface area (Å²) in [5.41, 5.74) is 1.22. The number of nitrogens with one attached hydrogen (secondary N) is 1. The number of hydrogen-bond donors (Lipinski definition) is 2. The summed E-state index contributed by atoms with van der Waals surface area (Å²) in [6.07, 6.45) is 6.15. The van der Waals surface area contributed by atoms with Gasteiger partial charge in [0.2, 0.25) is 0 Å². The van der Waals surface area contributed by atoms with Crippen molar-refractivity contribution in [3.05, 3.63) is 15.6 Å². The van der Waals surface area contributed by atoms with Crippen molar-refractivity contribution in [1.29, 1.82) is 0 Å². The molecule has 17 heavy (non-hydrogen) atoms. The molecule has 0 amide bonds. The molecule has 3 nitrogen and oxygen atoms in total. The quantitative estimate of drug-likeness (QED) is 0.841. The number of hydrogen-bond acceptors (Lipinski definition) is 4. The first-order chi connectivity index (χ1) is 8.21. The Balaban J connectivity index is 1.62. The van der Waals surface area contributed by atoms with Gasteiger partial charge >= 0.3 is 0 Å². The molecule has 1 aromatic heterocycles. The Hall–Kier alpha value is -0.450. The van der Waals surface area contributed by atoms with Gasteiger partial charge in [-0.25, -0.2) is 4.98 Å². The van der Waals surface area contributed by atoms with Crippen LogP contribution in [0.1, 0.15) is 41.8 Å². The first-order valence-electron chi connectivity index (χ1n) is 6.54. The predicted molar refractivity (Wildman–Crippen MR) is 69.2 cm³/mol. The molecule has 1 saturated carbocycles. The second kappa shape index (κ2) is 4.34. The van der Waals surface area contributed by atoms with E-state index in [1.54, 1.807) is 0 Å². The van der Waals surface area contributed by atoms with Gasteiger partial charge in [0.25, 0.3) is 0 Å². The first-order valence-corrected chi connectivity index (χ1v) is 7.36. The molecule has 1 heterocycles. The number of nitrogens with zero attached hydrogens (tertiary/aromatic N) is 1. The molecule has 1 fully saturated rings. The number of aromatic nitrogens is 1. The summed E-state index contributed by atoms with van der Waals surface area (Å²) in [6, 6.07) is 0. The summed E-state index contributed by atoms with van der Waals surface area (Å²) < 4.78 is 0. The topological polar surface area (TPSA) is 45.1 Å². The molecular formula is C13H20N2OS. The molecule has 0 spiro atoms. The van der Waals surface area contributed by atoms with Crippen LogP contribution in [0.3, 0.4) is 0 Å². The maximum atomic E-state index is 9.51. The Bertz CT molecular complexity index is 392. The maximum absolute atomic E-state index is 9.51. The van der Waals surface area contributed by atoms with Gasteiger partial charge in [0.05, 0.1) is 12.3 Å². The van der Waals surface area contributed by atoms with E-state index < -0.39 is 0 Å². The third-order valence-electron chi connectivity index (χ3n) is 4.09. The Labute approximate surface area is 106 Å². The molecule has 3 rings (SSSR count). The zero-order valence-corrected chi connectivity index (χ0v) is 11.1. The largest absolute Gasteiger partial charge is 0.394 e. The molecule has 2 aliphatic rings. The van der Waals surface area contributed by atoms with Crippen LogP contribution in [0.5, 0.6) is 0 Å². The fraction of sp³-hybridized carbons (Fsp3) is 0.769. The number of fused-ring (bicyclic) bond motifs is 1. The van der Waals surface area contributed by atoms with Crippen molar-refractivity contribution in [2.45, 2.75) is 51.1 Å². The van der Waals surface area contributed by atoms with E-state index in [2.05, 4.69) is 17.2 Å². The fourth-order valence-corrected chi connectivity index (χ4v) is 3.74. The van der Waals surface area contributed by atoms with E-state index in [-0.39, 0.29) is 12.1 Å². The van der Waals surface area contributed by atoms with E-state index in [1.807, 2.05) is 11.3 Å². The second-order valence-electron chi connectivity index (χ2n) is 5.53. The molecule has 0 radical (unpaired) electrons. The molecule has 1 aromatic rings. The van der Waals surface area contributed by atoms with Gasteiger partial charge in [-0.05, 0) is 44.9 Å². The minimum atomic E-state index is -0.101. The number of thiazole rings is 1. The summed E-state index contributed by atoms with van der Waals surface area (Å²) in [7, 11) is 0. The average Bonchev–Trinajstić information content (AvgIpc) is 2.98. The lowest BCUT2D eigenvalue weighted by Crippen LogP contribution is -2.47. The van der Waals surface area contributed by atoms with Crippen molar-refractivity contribution in [3.8, 4) is 0 Å². The van der Waals surface area contributed by atoms with Gasteiger partial charge in [-0.1, -0.05) is 0 Å². The minimum Gasteiger partial charge on any atom is -0.394 e. The molecule has 0 aromatic carbocycles. The highest BCUT2D eigenvalue weighted by Gasteiger charge is 2.40. The summed E-state index contributed by atoms with van der Waals surface area (Å²) >= 11 is 1.85. The number of aliphatic hydroxyl groups is 1. The van der Waals surface area contributed by atoms with Gasteiger partial charge < -0.3 is 10.4 Å². The summed E-state index contributed by atoms with van der Waals surface area (Å²) in [5.74, 6) is 0.652. The van der Waals surface area contributed by atoms with Crippen molar-refractivity contribution < 1.29 is 5.11 Å². The van der Waals surface area contributed by atoms with Crippen LogP contribution >= 0.6 is 11.3 Å². The molecule has 2 N–H and O–H groups in total. The molecule has 2 aliphatic carbocycles. The second-order valence-corrected chi connectivity index (χ2v) is 6.70. The van der Waals surface area contributed by atoms with Gasteiger partial charge in [0, 0.05) is 17.0 Å². The molecule has 94 valence electrons. The highest BCUT2D eigenvalue weighted by molar-refractivity contribution is 7.11. The number of rotatable bonds is 5. The molecular weight excluding hydrogens is 232 g/mol. The lowest BCUT2D eigenvalue weighted by atomic mass is 9.97. The van der Waals surface area contributed by atoms with E-state index in [4.69, 9.17) is 0 Å². The smallest absolute Gasteiger partial charge is 0.107 e. The third-order valence-corrected chi connectivity index (χ3v) is 5.25. The van der Waals surface area contributed by atoms with E-state index >= 15 is 0 Å². The van der Waals surface area contributed by atoms with Crippen LogP contribution in [0.25, 0.3) is 0 Å². The van der Waals surface area contributed by atoms with Crippen molar-refractivity contribution in [2.24, 2.45) is 5.92 Å². The number of aliphatic hydroxyl groups excluding tert-OH is 1. The Morgan fingerprint density at radius 1 is 1.47 bits per heavy atom. The summed E-state index contributed by atoms with van der Waals surface area (Å²) in [6.45, 7) is 3.17. The molecule has 0 saturated heterocycles. The van der Waals surface area contributed by atoms with Gasteiger partial charge in [-0.3, -0.25) is 0 Å². The van der Waals surface area contributed by atoms with Crippen LogP contribution < -0.4 is 5.32 Å². The highest BCUT2D eigenvalue weighted by Crippen LogP contribution is 2.39. The first kappa shape index (κ1) is 11.6. The minimum absolute atomic E-state index is 0.101. The standard InChI is InChI=1S/C13H20N2OS/c1-13(8-16,9-5-6-9)14-7-12-15-10-3-2-4-11(10)17-12/h9,14,16H,2-8H2,1H3. The van der Waals surface area contributed by atoms with Crippen LogP contribution in [0.2, 0.25) is 0 Å². The highest BCUT2D eigenvalue weighted by atomic mass is 32.1. The predicted octanol–water partition coefficient (Wildman–Crippen LogP) is 1.88. The SMILES string of the molecule is CC(CO)(NCc1nc2c(s1)CCC2)C1CC1. The van der Waals surface area contributed by atoms with Crippen molar-refractivity contribution >= 4 is 11.3 Å². The monoisotopic (exact) mass is 252 g/mol. The average molecular weight is 252 g/mol. The molecule has 4 heteroatoms. The molecule has 1 atom stereocenters. The van der Waals surface area contributed by atoms with Crippen molar-refractivity contribution in [1.82, 2.24) is 10.3 Å². The van der Waals surface area contributed by atoms with Gasteiger partial charge in [0.15, 0.2) is 0 Å². The Morgan fingerprint density at radius 3 is 2.94 bits per heavy atom. The van der Waals surface area contributed by atoms with E-state index in [0.29, 0.717) is 5.92 Å². The van der Waals surface area contributed by atoms with E-state index in [9.17, 15) is 5.11 Å². The van der Waals surface area contributed by atoms with E-state index in [0.717, 1.165) is 13.0 Å². The Kier molecular flexibility index (Phi) is 2.97. The summed E-state index contributed by atoms with van der Waals surface area (Å²) in [4.78, 5) is 6.17. The zero-order chi connectivity index (χ0) is 11.9. The third kappa shape index (κ3) is 2.26. The zero-order valence-electron chi connectivity index (χ0n) is 10.3. The van der Waals surface area contributed by atoms with Crippen molar-refractivity contribution in [3.63, 3.8) is 0 Å². The maximum Gasteiger partial charge on any atom is 0.107 e. The van der Waals surface area contributed by atoms with Crippen LogP contribution in [0.15, 0.2) is 0 Å². The lowest BCUT2D eigenvalue weighted by molar-refractivity contribution is 0.153. The lowest BCUT2D eigenvalue weighted by Gasteiger charge is -2.28.